The number of carbonyl (C=O) groups is 2. The number of fused-ring (bicyclic) bond motifs is 1. The monoisotopic (exact) mass is 364 g/mol. The molecule has 27 heavy (non-hydrogen) atoms. The first-order chi connectivity index (χ1) is 13.1. The summed E-state index contributed by atoms with van der Waals surface area (Å²) in [5, 5.41) is 9.66. The molecule has 0 aliphatic carbocycles. The van der Waals surface area contributed by atoms with Gasteiger partial charge in [-0.25, -0.2) is 4.39 Å². The maximum absolute atomic E-state index is 13.4. The minimum atomic E-state index is -0.674. The Labute approximate surface area is 155 Å². The van der Waals surface area contributed by atoms with Gasteiger partial charge in [0.05, 0.1) is 24.3 Å². The number of rotatable bonds is 4. The van der Waals surface area contributed by atoms with Crippen LogP contribution in [0.2, 0.25) is 0 Å². The highest BCUT2D eigenvalue weighted by atomic mass is 19.1. The van der Waals surface area contributed by atoms with Gasteiger partial charge in [0.25, 0.3) is 0 Å². The Bertz CT molecular complexity index is 1000. The van der Waals surface area contributed by atoms with E-state index < -0.39 is 11.7 Å². The second-order valence-corrected chi connectivity index (χ2v) is 6.44. The number of benzene rings is 2. The smallest absolute Gasteiger partial charge is 0.232 e. The molecule has 7 heteroatoms. The molecule has 2 amide bonds. The molecule has 1 aliphatic rings. The van der Waals surface area contributed by atoms with E-state index in [0.29, 0.717) is 23.5 Å². The van der Waals surface area contributed by atoms with Crippen molar-refractivity contribution in [1.82, 2.24) is 9.78 Å². The molecular formula is C20H17FN4O2. The highest BCUT2D eigenvalue weighted by Gasteiger charge is 2.31. The Kier molecular flexibility index (Phi) is 4.42. The Morgan fingerprint density at radius 1 is 1.26 bits per heavy atom. The number of anilines is 2. The summed E-state index contributed by atoms with van der Waals surface area (Å²) in [7, 11) is 0. The third-order valence-corrected chi connectivity index (χ3v) is 4.46. The van der Waals surface area contributed by atoms with Crippen molar-refractivity contribution in [2.24, 2.45) is 0 Å². The van der Waals surface area contributed by atoms with E-state index in [2.05, 4.69) is 15.7 Å². The maximum atomic E-state index is 13.4. The van der Waals surface area contributed by atoms with Crippen molar-refractivity contribution in [2.45, 2.75) is 18.9 Å². The molecule has 1 aromatic heterocycles. The van der Waals surface area contributed by atoms with Crippen LogP contribution in [0.15, 0.2) is 60.9 Å². The van der Waals surface area contributed by atoms with Crippen LogP contribution in [0.5, 0.6) is 0 Å². The van der Waals surface area contributed by atoms with Crippen LogP contribution in [0.1, 0.15) is 23.5 Å². The first-order valence-corrected chi connectivity index (χ1v) is 8.55. The SMILES string of the molecule is O=C1CC(C(=O)Nc2cnn(Cc3ccccc3)c2)c2ccc(F)cc2N1. The number of aromatic nitrogens is 2. The van der Waals surface area contributed by atoms with Gasteiger partial charge >= 0.3 is 0 Å². The zero-order valence-electron chi connectivity index (χ0n) is 14.4. The highest BCUT2D eigenvalue weighted by Crippen LogP contribution is 2.33. The molecule has 3 aromatic rings. The molecule has 6 nitrogen and oxygen atoms in total. The van der Waals surface area contributed by atoms with Crippen LogP contribution in [-0.4, -0.2) is 21.6 Å². The zero-order chi connectivity index (χ0) is 18.8. The number of nitrogens with zero attached hydrogens (tertiary/aromatic N) is 2. The molecule has 0 radical (unpaired) electrons. The minimum absolute atomic E-state index is 0.0165. The van der Waals surface area contributed by atoms with E-state index in [0.717, 1.165) is 5.56 Å². The largest absolute Gasteiger partial charge is 0.326 e. The summed E-state index contributed by atoms with van der Waals surface area (Å²) in [6.07, 6.45) is 3.32. The minimum Gasteiger partial charge on any atom is -0.326 e. The fourth-order valence-corrected chi connectivity index (χ4v) is 3.19. The lowest BCUT2D eigenvalue weighted by atomic mass is 9.89. The zero-order valence-corrected chi connectivity index (χ0v) is 14.4. The predicted octanol–water partition coefficient (Wildman–Crippen LogP) is 3.14. The predicted molar refractivity (Wildman–Crippen MR) is 98.8 cm³/mol. The van der Waals surface area contributed by atoms with Crippen LogP contribution in [0.4, 0.5) is 15.8 Å². The molecule has 0 fully saturated rings. The van der Waals surface area contributed by atoms with Gasteiger partial charge in [0.1, 0.15) is 5.82 Å². The average molecular weight is 364 g/mol. The Morgan fingerprint density at radius 2 is 2.07 bits per heavy atom. The summed E-state index contributed by atoms with van der Waals surface area (Å²) >= 11 is 0. The van der Waals surface area contributed by atoms with Crippen LogP contribution in [-0.2, 0) is 16.1 Å². The lowest BCUT2D eigenvalue weighted by Crippen LogP contribution is -2.30. The molecule has 2 aromatic carbocycles. The van der Waals surface area contributed by atoms with Gasteiger partial charge in [0.2, 0.25) is 11.8 Å². The van der Waals surface area contributed by atoms with Gasteiger partial charge in [0, 0.05) is 18.3 Å². The van der Waals surface area contributed by atoms with Crippen LogP contribution < -0.4 is 10.6 Å². The van der Waals surface area contributed by atoms with E-state index in [1.807, 2.05) is 30.3 Å². The van der Waals surface area contributed by atoms with Gasteiger partial charge < -0.3 is 10.6 Å². The topological polar surface area (TPSA) is 76.0 Å². The number of carbonyl (C=O) groups excluding carboxylic acids is 2. The molecule has 4 rings (SSSR count). The van der Waals surface area contributed by atoms with Crippen LogP contribution in [0.25, 0.3) is 0 Å². The molecule has 1 atom stereocenters. The summed E-state index contributed by atoms with van der Waals surface area (Å²) < 4.78 is 15.1. The van der Waals surface area contributed by atoms with Crippen molar-refractivity contribution in [3.63, 3.8) is 0 Å². The van der Waals surface area contributed by atoms with Crippen molar-refractivity contribution >= 4 is 23.2 Å². The quantitative estimate of drug-likeness (QED) is 0.747. The molecule has 0 spiro atoms. The Morgan fingerprint density at radius 3 is 2.89 bits per heavy atom. The fraction of sp³-hybridized carbons (Fsp3) is 0.150. The second kappa shape index (κ2) is 7.03. The van der Waals surface area contributed by atoms with Gasteiger partial charge in [-0.3, -0.25) is 14.3 Å². The van der Waals surface area contributed by atoms with E-state index in [1.165, 1.54) is 18.2 Å². The molecule has 1 unspecified atom stereocenters. The standard InChI is InChI=1S/C20H17FN4O2/c21-14-6-7-16-17(9-19(26)24-18(16)8-14)20(27)23-15-10-22-25(12-15)11-13-4-2-1-3-5-13/h1-8,10,12,17H,9,11H2,(H,23,27)(H,24,26). The summed E-state index contributed by atoms with van der Waals surface area (Å²) in [5.41, 5.74) is 2.58. The lowest BCUT2D eigenvalue weighted by molar-refractivity contribution is -0.123. The summed E-state index contributed by atoms with van der Waals surface area (Å²) in [5.74, 6) is -1.77. The summed E-state index contributed by atoms with van der Waals surface area (Å²) in [6, 6.07) is 13.9. The summed E-state index contributed by atoms with van der Waals surface area (Å²) in [4.78, 5) is 24.6. The van der Waals surface area contributed by atoms with E-state index in [4.69, 9.17) is 0 Å². The van der Waals surface area contributed by atoms with Crippen molar-refractivity contribution in [2.75, 3.05) is 10.6 Å². The van der Waals surface area contributed by atoms with Crippen molar-refractivity contribution in [1.29, 1.82) is 0 Å². The number of hydrogen-bond acceptors (Lipinski definition) is 3. The Balaban J connectivity index is 1.49. The van der Waals surface area contributed by atoms with Crippen molar-refractivity contribution < 1.29 is 14.0 Å². The third kappa shape index (κ3) is 3.72. The highest BCUT2D eigenvalue weighted by molar-refractivity contribution is 6.05. The van der Waals surface area contributed by atoms with Crippen molar-refractivity contribution in [3.8, 4) is 0 Å². The van der Waals surface area contributed by atoms with Crippen molar-refractivity contribution in [3.05, 3.63) is 77.9 Å². The normalized spacial score (nSPS) is 15.7. The number of nitrogens with one attached hydrogen (secondary N) is 2. The number of amides is 2. The van der Waals surface area contributed by atoms with Gasteiger partial charge in [-0.15, -0.1) is 0 Å². The lowest BCUT2D eigenvalue weighted by Gasteiger charge is -2.24. The molecule has 0 saturated carbocycles. The summed E-state index contributed by atoms with van der Waals surface area (Å²) in [6.45, 7) is 0.588. The maximum Gasteiger partial charge on any atom is 0.232 e. The van der Waals surface area contributed by atoms with Crippen LogP contribution in [0, 0.1) is 5.82 Å². The van der Waals surface area contributed by atoms with E-state index >= 15 is 0 Å². The Hall–Kier alpha value is -3.48. The average Bonchev–Trinajstić information content (AvgIpc) is 3.08. The molecule has 1 aliphatic heterocycles. The number of halogens is 1. The molecule has 2 N–H and O–H groups in total. The molecule has 0 bridgehead atoms. The van der Waals surface area contributed by atoms with E-state index in [1.54, 1.807) is 17.1 Å². The first kappa shape index (κ1) is 17.0. The van der Waals surface area contributed by atoms with Crippen LogP contribution >= 0.6 is 0 Å². The molecular weight excluding hydrogens is 347 g/mol. The third-order valence-electron chi connectivity index (χ3n) is 4.46. The fourth-order valence-electron chi connectivity index (χ4n) is 3.19. The molecule has 2 heterocycles. The van der Waals surface area contributed by atoms with E-state index in [-0.39, 0.29) is 18.2 Å². The van der Waals surface area contributed by atoms with Gasteiger partial charge in [0.15, 0.2) is 0 Å². The second-order valence-electron chi connectivity index (χ2n) is 6.44. The first-order valence-electron chi connectivity index (χ1n) is 8.55. The van der Waals surface area contributed by atoms with Crippen LogP contribution in [0.3, 0.4) is 0 Å². The number of hydrogen-bond donors (Lipinski definition) is 2. The van der Waals surface area contributed by atoms with Gasteiger partial charge in [-0.2, -0.15) is 5.10 Å². The molecule has 0 saturated heterocycles. The van der Waals surface area contributed by atoms with Gasteiger partial charge in [-0.1, -0.05) is 36.4 Å². The van der Waals surface area contributed by atoms with E-state index in [9.17, 15) is 14.0 Å². The molecule has 136 valence electrons. The van der Waals surface area contributed by atoms with Gasteiger partial charge in [-0.05, 0) is 23.3 Å².